The van der Waals surface area contributed by atoms with E-state index in [4.69, 9.17) is 4.74 Å². The fourth-order valence-electron chi connectivity index (χ4n) is 3.23. The Balaban J connectivity index is 0.00000392. The number of phenols is 1. The molecule has 1 fully saturated rings. The Morgan fingerprint density at radius 3 is 2.68 bits per heavy atom. The average Bonchev–Trinajstić information content (AvgIpc) is 2.62. The van der Waals surface area contributed by atoms with E-state index in [1.807, 2.05) is 13.8 Å². The topological polar surface area (TPSA) is 65.9 Å². The van der Waals surface area contributed by atoms with Crippen LogP contribution >= 0.6 is 24.0 Å². The quantitative estimate of drug-likeness (QED) is 0.295. The van der Waals surface area contributed by atoms with Crippen LogP contribution in [0.4, 0.5) is 13.2 Å². The lowest BCUT2D eigenvalue weighted by Gasteiger charge is -2.31. The summed E-state index contributed by atoms with van der Waals surface area (Å²) in [5.74, 6) is -0.299. The van der Waals surface area contributed by atoms with Gasteiger partial charge in [-0.3, -0.25) is 0 Å². The molecule has 2 unspecified atom stereocenters. The molecule has 0 bridgehead atoms. The molecule has 0 radical (unpaired) electrons. The second-order valence-corrected chi connectivity index (χ2v) is 6.68. The summed E-state index contributed by atoms with van der Waals surface area (Å²) in [6.07, 6.45) is -2.62. The van der Waals surface area contributed by atoms with E-state index in [1.54, 1.807) is 18.2 Å². The molecule has 1 saturated carbocycles. The van der Waals surface area contributed by atoms with Gasteiger partial charge in [0.2, 0.25) is 0 Å². The van der Waals surface area contributed by atoms with Crippen LogP contribution in [-0.4, -0.2) is 36.4 Å². The summed E-state index contributed by atoms with van der Waals surface area (Å²) < 4.78 is 44.4. The van der Waals surface area contributed by atoms with Gasteiger partial charge >= 0.3 is 6.18 Å². The summed E-state index contributed by atoms with van der Waals surface area (Å²) in [5.41, 5.74) is 0.838. The zero-order valence-corrected chi connectivity index (χ0v) is 18.5. The zero-order valence-electron chi connectivity index (χ0n) is 16.2. The number of halogens is 4. The number of hydrogen-bond acceptors (Lipinski definition) is 3. The number of aromatic hydroxyl groups is 1. The number of phenolic OH excluding ortho intramolecular Hbond substituents is 1. The van der Waals surface area contributed by atoms with Gasteiger partial charge in [-0.15, -0.1) is 24.0 Å². The minimum atomic E-state index is -4.14. The highest BCUT2D eigenvalue weighted by atomic mass is 127. The molecule has 0 saturated heterocycles. The first kappa shape index (κ1) is 24.6. The van der Waals surface area contributed by atoms with E-state index in [-0.39, 0.29) is 48.6 Å². The van der Waals surface area contributed by atoms with Gasteiger partial charge in [-0.1, -0.05) is 12.5 Å². The van der Waals surface area contributed by atoms with Crippen LogP contribution in [0.3, 0.4) is 0 Å². The first-order valence-electron chi connectivity index (χ1n) is 9.39. The van der Waals surface area contributed by atoms with Gasteiger partial charge in [-0.2, -0.15) is 13.2 Å². The lowest BCUT2D eigenvalue weighted by atomic mass is 9.85. The van der Waals surface area contributed by atoms with E-state index >= 15 is 0 Å². The molecule has 0 spiro atoms. The van der Waals surface area contributed by atoms with E-state index < -0.39 is 12.1 Å². The van der Waals surface area contributed by atoms with Crippen LogP contribution in [0, 0.1) is 5.92 Å². The molecule has 0 heterocycles. The zero-order chi connectivity index (χ0) is 19.9. The highest BCUT2D eigenvalue weighted by molar-refractivity contribution is 14.0. The minimum absolute atomic E-state index is 0. The number of nitrogens with zero attached hydrogens (tertiary/aromatic N) is 1. The van der Waals surface area contributed by atoms with Gasteiger partial charge in [-0.05, 0) is 50.8 Å². The molecule has 1 aliphatic rings. The van der Waals surface area contributed by atoms with Gasteiger partial charge in [0.15, 0.2) is 17.5 Å². The number of aliphatic imine (C=N–C) groups is 1. The number of guanidine groups is 1. The third-order valence-electron chi connectivity index (χ3n) is 4.57. The van der Waals surface area contributed by atoms with E-state index in [2.05, 4.69) is 15.6 Å². The minimum Gasteiger partial charge on any atom is -0.504 e. The Morgan fingerprint density at radius 2 is 2.04 bits per heavy atom. The second-order valence-electron chi connectivity index (χ2n) is 6.68. The number of alkyl halides is 3. The number of rotatable bonds is 6. The molecule has 0 amide bonds. The summed E-state index contributed by atoms with van der Waals surface area (Å²) in [7, 11) is 0. The summed E-state index contributed by atoms with van der Waals surface area (Å²) >= 11 is 0. The molecule has 1 aliphatic carbocycles. The highest BCUT2D eigenvalue weighted by Crippen LogP contribution is 2.37. The van der Waals surface area contributed by atoms with Crippen molar-refractivity contribution in [3.05, 3.63) is 23.8 Å². The fourth-order valence-corrected chi connectivity index (χ4v) is 3.23. The summed E-state index contributed by atoms with van der Waals surface area (Å²) in [6.45, 7) is 5.11. The van der Waals surface area contributed by atoms with E-state index in [0.29, 0.717) is 44.2 Å². The smallest absolute Gasteiger partial charge is 0.391 e. The maximum atomic E-state index is 13.0. The fraction of sp³-hybridized carbons (Fsp3) is 0.632. The average molecular weight is 515 g/mol. The monoisotopic (exact) mass is 515 g/mol. The molecular formula is C19H29F3IN3O2. The van der Waals surface area contributed by atoms with Gasteiger partial charge in [0.1, 0.15) is 0 Å². The first-order valence-corrected chi connectivity index (χ1v) is 9.39. The molecular weight excluding hydrogens is 486 g/mol. The van der Waals surface area contributed by atoms with Crippen LogP contribution in [0.5, 0.6) is 11.5 Å². The van der Waals surface area contributed by atoms with Crippen molar-refractivity contribution in [2.24, 2.45) is 10.9 Å². The molecule has 5 nitrogen and oxygen atoms in total. The molecule has 160 valence electrons. The molecule has 9 heteroatoms. The highest BCUT2D eigenvalue weighted by Gasteiger charge is 2.42. The van der Waals surface area contributed by atoms with Crippen LogP contribution in [0.15, 0.2) is 23.2 Å². The third-order valence-corrected chi connectivity index (χ3v) is 4.57. The normalized spacial score (nSPS) is 20.2. The largest absolute Gasteiger partial charge is 0.504 e. The SMILES string of the molecule is CCNC(=NCc1ccc(O)c(OCC)c1)NC1CCCC(C(F)(F)F)C1.I. The van der Waals surface area contributed by atoms with Crippen molar-refractivity contribution in [1.29, 1.82) is 0 Å². The predicted octanol–water partition coefficient (Wildman–Crippen LogP) is 4.59. The molecule has 2 atom stereocenters. The Kier molecular flexibility index (Phi) is 10.2. The maximum absolute atomic E-state index is 13.0. The summed E-state index contributed by atoms with van der Waals surface area (Å²) in [5, 5.41) is 16.0. The lowest BCUT2D eigenvalue weighted by molar-refractivity contribution is -0.183. The number of benzene rings is 1. The lowest BCUT2D eigenvalue weighted by Crippen LogP contribution is -2.46. The van der Waals surface area contributed by atoms with Crippen LogP contribution in [0.25, 0.3) is 0 Å². The van der Waals surface area contributed by atoms with E-state index in [0.717, 1.165) is 5.56 Å². The van der Waals surface area contributed by atoms with Gasteiger partial charge < -0.3 is 20.5 Å². The van der Waals surface area contributed by atoms with Crippen LogP contribution < -0.4 is 15.4 Å². The standard InChI is InChI=1S/C19H28F3N3O2.HI/c1-3-23-18(25-15-7-5-6-14(11-15)19(20,21)22)24-12-13-8-9-16(26)17(10-13)27-4-2;/h8-10,14-15,26H,3-7,11-12H2,1-2H3,(H2,23,24,25);1H. The molecule has 0 aromatic heterocycles. The third kappa shape index (κ3) is 7.56. The van der Waals surface area contributed by atoms with Crippen molar-refractivity contribution in [1.82, 2.24) is 10.6 Å². The Labute approximate surface area is 181 Å². The molecule has 2 rings (SSSR count). The van der Waals surface area contributed by atoms with Crippen LogP contribution in [0.1, 0.15) is 45.1 Å². The van der Waals surface area contributed by atoms with Gasteiger partial charge in [0.25, 0.3) is 0 Å². The molecule has 0 aliphatic heterocycles. The van der Waals surface area contributed by atoms with Crippen molar-refractivity contribution >= 4 is 29.9 Å². The van der Waals surface area contributed by atoms with Gasteiger partial charge in [-0.25, -0.2) is 4.99 Å². The summed E-state index contributed by atoms with van der Waals surface area (Å²) in [4.78, 5) is 4.47. The van der Waals surface area contributed by atoms with Gasteiger partial charge in [0.05, 0.1) is 19.1 Å². The first-order chi connectivity index (χ1) is 12.8. The molecule has 1 aromatic rings. The van der Waals surface area contributed by atoms with Crippen molar-refractivity contribution < 1.29 is 23.0 Å². The van der Waals surface area contributed by atoms with Crippen molar-refractivity contribution in [3.63, 3.8) is 0 Å². The summed E-state index contributed by atoms with van der Waals surface area (Å²) in [6, 6.07) is 4.75. The molecule has 28 heavy (non-hydrogen) atoms. The molecule has 1 aromatic carbocycles. The Morgan fingerprint density at radius 1 is 1.29 bits per heavy atom. The molecule has 3 N–H and O–H groups in total. The van der Waals surface area contributed by atoms with Gasteiger partial charge in [0, 0.05) is 12.6 Å². The van der Waals surface area contributed by atoms with E-state index in [1.165, 1.54) is 0 Å². The predicted molar refractivity (Wildman–Crippen MR) is 114 cm³/mol. The number of nitrogens with one attached hydrogen (secondary N) is 2. The van der Waals surface area contributed by atoms with E-state index in [9.17, 15) is 18.3 Å². The van der Waals surface area contributed by atoms with Crippen molar-refractivity contribution in [3.8, 4) is 11.5 Å². The van der Waals surface area contributed by atoms with Crippen LogP contribution in [0.2, 0.25) is 0 Å². The Bertz CT molecular complexity index is 641. The number of hydrogen-bond donors (Lipinski definition) is 3. The van der Waals surface area contributed by atoms with Crippen molar-refractivity contribution in [2.45, 2.75) is 58.3 Å². The Hall–Kier alpha value is -1.39. The van der Waals surface area contributed by atoms with Crippen molar-refractivity contribution in [2.75, 3.05) is 13.2 Å². The van der Waals surface area contributed by atoms with Crippen LogP contribution in [-0.2, 0) is 6.54 Å². The maximum Gasteiger partial charge on any atom is 0.391 e. The number of ether oxygens (including phenoxy) is 1. The second kappa shape index (κ2) is 11.6.